The summed E-state index contributed by atoms with van der Waals surface area (Å²) in [4.78, 5) is 11.8. The monoisotopic (exact) mass is 240 g/mol. The van der Waals surface area contributed by atoms with Crippen molar-refractivity contribution in [2.24, 2.45) is 12.5 Å². The summed E-state index contributed by atoms with van der Waals surface area (Å²) >= 11 is 4.50. The molecule has 0 N–H and O–H groups in total. The number of imidazole rings is 1. The van der Waals surface area contributed by atoms with Gasteiger partial charge in [0.1, 0.15) is 0 Å². The molecule has 3 nitrogen and oxygen atoms in total. The first-order chi connectivity index (χ1) is 7.67. The molecule has 1 heterocycles. The second-order valence-electron chi connectivity index (χ2n) is 5.04. The lowest BCUT2D eigenvalue weighted by molar-refractivity contribution is 0.187. The minimum atomic E-state index is 0.0896. The van der Waals surface area contributed by atoms with Gasteiger partial charge in [0.25, 0.3) is 0 Å². The van der Waals surface area contributed by atoms with Crippen molar-refractivity contribution in [1.82, 2.24) is 9.13 Å². The van der Waals surface area contributed by atoms with Gasteiger partial charge in [-0.05, 0) is 24.0 Å². The van der Waals surface area contributed by atoms with E-state index in [9.17, 15) is 4.79 Å². The van der Waals surface area contributed by atoms with E-state index in [2.05, 4.69) is 12.6 Å². The fourth-order valence-electron chi connectivity index (χ4n) is 2.66. The van der Waals surface area contributed by atoms with E-state index in [1.54, 1.807) is 11.6 Å². The summed E-state index contributed by atoms with van der Waals surface area (Å²) in [6, 6.07) is 0. The van der Waals surface area contributed by atoms with Crippen LogP contribution < -0.4 is 5.69 Å². The normalized spacial score (nSPS) is 19.9. The van der Waals surface area contributed by atoms with E-state index in [4.69, 9.17) is 0 Å². The third-order valence-corrected chi connectivity index (χ3v) is 4.44. The highest BCUT2D eigenvalue weighted by atomic mass is 32.1. The molecule has 1 aliphatic carbocycles. The van der Waals surface area contributed by atoms with Crippen molar-refractivity contribution in [3.8, 4) is 0 Å². The predicted molar refractivity (Wildman–Crippen MR) is 69.0 cm³/mol. The minimum absolute atomic E-state index is 0.0896. The van der Waals surface area contributed by atoms with E-state index < -0.39 is 0 Å². The first-order valence-electron chi connectivity index (χ1n) is 5.99. The van der Waals surface area contributed by atoms with E-state index in [1.165, 1.54) is 32.1 Å². The maximum absolute atomic E-state index is 11.8. The lowest BCUT2D eigenvalue weighted by Gasteiger charge is -2.36. The van der Waals surface area contributed by atoms with Gasteiger partial charge in [-0.3, -0.25) is 4.57 Å². The summed E-state index contributed by atoms with van der Waals surface area (Å²) in [5.41, 5.74) is 0.332. The van der Waals surface area contributed by atoms with E-state index >= 15 is 0 Å². The number of rotatable bonds is 3. The molecule has 0 spiro atoms. The molecular weight excluding hydrogens is 220 g/mol. The van der Waals surface area contributed by atoms with Crippen LogP contribution in [0, 0.1) is 5.41 Å². The number of thiol groups is 1. The summed E-state index contributed by atoms with van der Waals surface area (Å²) in [6.07, 6.45) is 10.0. The van der Waals surface area contributed by atoms with Crippen molar-refractivity contribution < 1.29 is 0 Å². The third kappa shape index (κ3) is 2.21. The SMILES string of the molecule is Cn1ccn(CC2(CS)CCCCC2)c1=O. The van der Waals surface area contributed by atoms with Gasteiger partial charge in [0.15, 0.2) is 0 Å². The maximum Gasteiger partial charge on any atom is 0.327 e. The van der Waals surface area contributed by atoms with E-state index in [-0.39, 0.29) is 11.1 Å². The average Bonchev–Trinajstić information content (AvgIpc) is 2.62. The maximum atomic E-state index is 11.8. The fraction of sp³-hybridized carbons (Fsp3) is 0.750. The Kier molecular flexibility index (Phi) is 3.47. The molecule has 0 bridgehead atoms. The topological polar surface area (TPSA) is 26.9 Å². The molecule has 1 saturated carbocycles. The Bertz CT molecular complexity index is 401. The number of aryl methyl sites for hydroxylation is 1. The summed E-state index contributed by atoms with van der Waals surface area (Å²) in [7, 11) is 1.80. The second-order valence-corrected chi connectivity index (χ2v) is 5.35. The highest BCUT2D eigenvalue weighted by Gasteiger charge is 2.31. The highest BCUT2D eigenvalue weighted by Crippen LogP contribution is 2.38. The van der Waals surface area contributed by atoms with Gasteiger partial charge in [0.2, 0.25) is 0 Å². The van der Waals surface area contributed by atoms with Gasteiger partial charge in [-0.1, -0.05) is 19.3 Å². The molecule has 0 amide bonds. The number of aromatic nitrogens is 2. The Morgan fingerprint density at radius 2 is 2.00 bits per heavy atom. The zero-order valence-electron chi connectivity index (χ0n) is 9.85. The van der Waals surface area contributed by atoms with Crippen LogP contribution in [0.3, 0.4) is 0 Å². The molecule has 0 saturated heterocycles. The molecule has 2 rings (SSSR count). The lowest BCUT2D eigenvalue weighted by Crippen LogP contribution is -2.35. The molecule has 1 aromatic rings. The lowest BCUT2D eigenvalue weighted by atomic mass is 9.75. The molecule has 90 valence electrons. The van der Waals surface area contributed by atoms with Gasteiger partial charge < -0.3 is 4.57 Å². The second kappa shape index (κ2) is 4.70. The van der Waals surface area contributed by atoms with Crippen LogP contribution in [0.5, 0.6) is 0 Å². The Balaban J connectivity index is 2.18. The Morgan fingerprint density at radius 3 is 2.50 bits per heavy atom. The van der Waals surface area contributed by atoms with Crippen LogP contribution in [-0.2, 0) is 13.6 Å². The van der Waals surface area contributed by atoms with E-state index in [0.29, 0.717) is 0 Å². The molecule has 0 atom stereocenters. The Morgan fingerprint density at radius 1 is 1.31 bits per heavy atom. The van der Waals surface area contributed by atoms with Gasteiger partial charge in [0, 0.05) is 26.0 Å². The van der Waals surface area contributed by atoms with Crippen LogP contribution in [0.2, 0.25) is 0 Å². The predicted octanol–water partition coefficient (Wildman–Crippen LogP) is 2.07. The third-order valence-electron chi connectivity index (χ3n) is 3.77. The molecule has 4 heteroatoms. The smallest absolute Gasteiger partial charge is 0.302 e. The van der Waals surface area contributed by atoms with Crippen LogP contribution in [-0.4, -0.2) is 14.9 Å². The van der Waals surface area contributed by atoms with E-state index in [0.717, 1.165) is 12.3 Å². The summed E-state index contributed by atoms with van der Waals surface area (Å²) < 4.78 is 3.47. The Labute approximate surface area is 102 Å². The summed E-state index contributed by atoms with van der Waals surface area (Å²) in [6.45, 7) is 0.830. The summed E-state index contributed by atoms with van der Waals surface area (Å²) in [5, 5.41) is 0. The van der Waals surface area contributed by atoms with E-state index in [1.807, 2.05) is 17.0 Å². The molecule has 0 unspecified atom stereocenters. The molecule has 1 aromatic heterocycles. The van der Waals surface area contributed by atoms with Gasteiger partial charge in [-0.2, -0.15) is 12.6 Å². The van der Waals surface area contributed by atoms with Crippen molar-refractivity contribution in [1.29, 1.82) is 0 Å². The van der Waals surface area contributed by atoms with Gasteiger partial charge in [0.05, 0.1) is 0 Å². The first kappa shape index (κ1) is 11.8. The van der Waals surface area contributed by atoms with Crippen molar-refractivity contribution >= 4 is 12.6 Å². The van der Waals surface area contributed by atoms with Crippen molar-refractivity contribution in [2.45, 2.75) is 38.6 Å². The molecule has 0 aromatic carbocycles. The molecular formula is C12H20N2OS. The molecule has 0 aliphatic heterocycles. The zero-order valence-corrected chi connectivity index (χ0v) is 10.7. The van der Waals surface area contributed by atoms with Crippen LogP contribution in [0.1, 0.15) is 32.1 Å². The van der Waals surface area contributed by atoms with Crippen LogP contribution >= 0.6 is 12.6 Å². The number of nitrogens with zero attached hydrogens (tertiary/aromatic N) is 2. The van der Waals surface area contributed by atoms with Crippen molar-refractivity contribution in [3.05, 3.63) is 22.9 Å². The number of hydrogen-bond acceptors (Lipinski definition) is 2. The van der Waals surface area contributed by atoms with Crippen molar-refractivity contribution in [3.63, 3.8) is 0 Å². The first-order valence-corrected chi connectivity index (χ1v) is 6.63. The van der Waals surface area contributed by atoms with Gasteiger partial charge in [-0.25, -0.2) is 4.79 Å². The highest BCUT2D eigenvalue weighted by molar-refractivity contribution is 7.80. The molecule has 0 radical (unpaired) electrons. The Hall–Kier alpha value is -0.640. The molecule has 1 fully saturated rings. The average molecular weight is 240 g/mol. The minimum Gasteiger partial charge on any atom is -0.302 e. The molecule has 1 aliphatic rings. The van der Waals surface area contributed by atoms with Gasteiger partial charge >= 0.3 is 5.69 Å². The fourth-order valence-corrected chi connectivity index (χ4v) is 3.08. The quantitative estimate of drug-likeness (QED) is 0.805. The zero-order chi connectivity index (χ0) is 11.6. The largest absolute Gasteiger partial charge is 0.327 e. The van der Waals surface area contributed by atoms with Crippen LogP contribution in [0.4, 0.5) is 0 Å². The van der Waals surface area contributed by atoms with Crippen molar-refractivity contribution in [2.75, 3.05) is 5.75 Å². The van der Waals surface area contributed by atoms with Crippen LogP contribution in [0.25, 0.3) is 0 Å². The standard InChI is InChI=1S/C12H20N2OS/c1-13-7-8-14(11(13)15)9-12(10-16)5-3-2-4-6-12/h7-8,16H,2-6,9-10H2,1H3. The van der Waals surface area contributed by atoms with Crippen LogP contribution in [0.15, 0.2) is 17.2 Å². The molecule has 16 heavy (non-hydrogen) atoms. The summed E-state index contributed by atoms with van der Waals surface area (Å²) in [5.74, 6) is 0.883. The van der Waals surface area contributed by atoms with Gasteiger partial charge in [-0.15, -0.1) is 0 Å². The number of hydrogen-bond donors (Lipinski definition) is 1.